The minimum absolute atomic E-state index is 0.0266. The number of hydrogen-bond acceptors (Lipinski definition) is 2. The van der Waals surface area contributed by atoms with Crippen LogP contribution in [0.15, 0.2) is 23.1 Å². The third kappa shape index (κ3) is 1.89. The number of hydrogen-bond donors (Lipinski definition) is 1. The van der Waals surface area contributed by atoms with E-state index in [1.54, 1.807) is 19.3 Å². The molecule has 1 N–H and O–H groups in total. The Morgan fingerprint density at radius 1 is 1.67 bits per heavy atom. The van der Waals surface area contributed by atoms with Crippen LogP contribution >= 0.6 is 0 Å². The van der Waals surface area contributed by atoms with E-state index in [0.29, 0.717) is 6.54 Å². The predicted molar refractivity (Wildman–Crippen MR) is 49.0 cm³/mol. The first kappa shape index (κ1) is 8.41. The lowest BCUT2D eigenvalue weighted by atomic mass is 10.4. The van der Waals surface area contributed by atoms with Crippen molar-refractivity contribution in [3.05, 3.63) is 28.7 Å². The summed E-state index contributed by atoms with van der Waals surface area (Å²) >= 11 is 0. The van der Waals surface area contributed by atoms with Gasteiger partial charge in [0.05, 0.1) is 12.2 Å². The molecule has 0 fully saturated rings. The van der Waals surface area contributed by atoms with Gasteiger partial charge in [0, 0.05) is 19.3 Å². The second-order valence-corrected chi connectivity index (χ2v) is 2.42. The SMILES string of the molecule is C#CCNc1ccc(=O)n(C)c1. The van der Waals surface area contributed by atoms with E-state index in [-0.39, 0.29) is 5.56 Å². The molecule has 0 unspecified atom stereocenters. The van der Waals surface area contributed by atoms with E-state index >= 15 is 0 Å². The number of nitrogens with zero attached hydrogens (tertiary/aromatic N) is 1. The molecular formula is C9H10N2O. The molecule has 0 amide bonds. The fourth-order valence-electron chi connectivity index (χ4n) is 0.852. The quantitative estimate of drug-likeness (QED) is 0.640. The molecule has 0 aliphatic heterocycles. The van der Waals surface area contributed by atoms with E-state index in [0.717, 1.165) is 5.69 Å². The maximum atomic E-state index is 10.9. The Hall–Kier alpha value is -1.69. The van der Waals surface area contributed by atoms with Crippen LogP contribution in [0.4, 0.5) is 5.69 Å². The van der Waals surface area contributed by atoms with E-state index in [1.807, 2.05) is 0 Å². The molecule has 62 valence electrons. The number of terminal acetylenes is 1. The van der Waals surface area contributed by atoms with Crippen molar-refractivity contribution in [2.24, 2.45) is 7.05 Å². The minimum atomic E-state index is -0.0266. The highest BCUT2D eigenvalue weighted by Crippen LogP contribution is 2.00. The number of nitrogens with one attached hydrogen (secondary N) is 1. The van der Waals surface area contributed by atoms with Crippen molar-refractivity contribution in [2.75, 3.05) is 11.9 Å². The second-order valence-electron chi connectivity index (χ2n) is 2.42. The average Bonchev–Trinajstić information content (AvgIpc) is 2.07. The van der Waals surface area contributed by atoms with Gasteiger partial charge in [0.1, 0.15) is 0 Å². The number of aryl methyl sites for hydroxylation is 1. The van der Waals surface area contributed by atoms with Crippen LogP contribution in [-0.2, 0) is 7.05 Å². The molecule has 0 aliphatic carbocycles. The van der Waals surface area contributed by atoms with Crippen LogP contribution in [0.1, 0.15) is 0 Å². The maximum Gasteiger partial charge on any atom is 0.250 e. The molecule has 12 heavy (non-hydrogen) atoms. The third-order valence-corrected chi connectivity index (χ3v) is 1.48. The summed E-state index contributed by atoms with van der Waals surface area (Å²) in [5.41, 5.74) is 0.830. The lowest BCUT2D eigenvalue weighted by Crippen LogP contribution is -2.15. The van der Waals surface area contributed by atoms with Gasteiger partial charge in [0.25, 0.3) is 0 Å². The summed E-state index contributed by atoms with van der Waals surface area (Å²) in [6.07, 6.45) is 6.77. The monoisotopic (exact) mass is 162 g/mol. The van der Waals surface area contributed by atoms with E-state index < -0.39 is 0 Å². The first-order chi connectivity index (χ1) is 5.74. The van der Waals surface area contributed by atoms with Gasteiger partial charge >= 0.3 is 0 Å². The van der Waals surface area contributed by atoms with Gasteiger partial charge in [-0.2, -0.15) is 0 Å². The fourth-order valence-corrected chi connectivity index (χ4v) is 0.852. The van der Waals surface area contributed by atoms with Gasteiger partial charge in [-0.3, -0.25) is 4.79 Å². The Balaban J connectivity index is 2.84. The van der Waals surface area contributed by atoms with Crippen LogP contribution < -0.4 is 10.9 Å². The van der Waals surface area contributed by atoms with Crippen LogP contribution in [0.3, 0.4) is 0 Å². The number of pyridine rings is 1. The van der Waals surface area contributed by atoms with Crippen molar-refractivity contribution in [1.82, 2.24) is 4.57 Å². The van der Waals surface area contributed by atoms with Crippen molar-refractivity contribution >= 4 is 5.69 Å². The van der Waals surface area contributed by atoms with Gasteiger partial charge in [-0.05, 0) is 6.07 Å². The summed E-state index contributed by atoms with van der Waals surface area (Å²) in [5.74, 6) is 2.45. The predicted octanol–water partition coefficient (Wildman–Crippen LogP) is 0.430. The molecule has 0 aliphatic rings. The Morgan fingerprint density at radius 2 is 2.42 bits per heavy atom. The van der Waals surface area contributed by atoms with Crippen molar-refractivity contribution in [1.29, 1.82) is 0 Å². The summed E-state index contributed by atoms with van der Waals surface area (Å²) in [7, 11) is 1.70. The second kappa shape index (κ2) is 3.63. The van der Waals surface area contributed by atoms with Gasteiger partial charge in [0.2, 0.25) is 5.56 Å². The first-order valence-corrected chi connectivity index (χ1v) is 3.58. The summed E-state index contributed by atoms with van der Waals surface area (Å²) < 4.78 is 1.50. The highest BCUT2D eigenvalue weighted by Gasteiger charge is 1.91. The molecular weight excluding hydrogens is 152 g/mol. The fraction of sp³-hybridized carbons (Fsp3) is 0.222. The minimum Gasteiger partial charge on any atom is -0.373 e. The van der Waals surface area contributed by atoms with E-state index in [2.05, 4.69) is 11.2 Å². The van der Waals surface area contributed by atoms with Gasteiger partial charge in [-0.1, -0.05) is 5.92 Å². The van der Waals surface area contributed by atoms with Crippen LogP contribution in [0.2, 0.25) is 0 Å². The normalized spacial score (nSPS) is 9.00. The molecule has 0 aromatic carbocycles. The molecule has 1 aromatic heterocycles. The van der Waals surface area contributed by atoms with E-state index in [9.17, 15) is 4.79 Å². The highest BCUT2D eigenvalue weighted by atomic mass is 16.1. The van der Waals surface area contributed by atoms with Gasteiger partial charge in [-0.15, -0.1) is 6.42 Å². The van der Waals surface area contributed by atoms with E-state index in [1.165, 1.54) is 10.6 Å². The van der Waals surface area contributed by atoms with Gasteiger partial charge in [0.15, 0.2) is 0 Å². The molecule has 1 aromatic rings. The van der Waals surface area contributed by atoms with Crippen LogP contribution in [0.5, 0.6) is 0 Å². The smallest absolute Gasteiger partial charge is 0.250 e. The highest BCUT2D eigenvalue weighted by molar-refractivity contribution is 5.41. The average molecular weight is 162 g/mol. The zero-order valence-corrected chi connectivity index (χ0v) is 6.87. The zero-order chi connectivity index (χ0) is 8.97. The lowest BCUT2D eigenvalue weighted by Gasteiger charge is -2.03. The molecule has 0 atom stereocenters. The molecule has 3 nitrogen and oxygen atoms in total. The van der Waals surface area contributed by atoms with Crippen molar-refractivity contribution in [3.63, 3.8) is 0 Å². The first-order valence-electron chi connectivity index (χ1n) is 3.58. The molecule has 0 bridgehead atoms. The molecule has 0 saturated heterocycles. The standard InChI is InChI=1S/C9H10N2O/c1-3-6-10-8-4-5-9(12)11(2)7-8/h1,4-5,7,10H,6H2,2H3. The van der Waals surface area contributed by atoms with Crippen molar-refractivity contribution < 1.29 is 0 Å². The largest absolute Gasteiger partial charge is 0.373 e. The molecule has 3 heteroatoms. The van der Waals surface area contributed by atoms with Gasteiger partial charge < -0.3 is 9.88 Å². The van der Waals surface area contributed by atoms with E-state index in [4.69, 9.17) is 6.42 Å². The van der Waals surface area contributed by atoms with Crippen LogP contribution in [0.25, 0.3) is 0 Å². The van der Waals surface area contributed by atoms with Crippen molar-refractivity contribution in [3.8, 4) is 12.3 Å². The molecule has 1 heterocycles. The molecule has 0 radical (unpaired) electrons. The molecule has 0 saturated carbocycles. The van der Waals surface area contributed by atoms with Crippen LogP contribution in [-0.4, -0.2) is 11.1 Å². The van der Waals surface area contributed by atoms with Crippen molar-refractivity contribution in [2.45, 2.75) is 0 Å². The number of rotatable bonds is 2. The van der Waals surface area contributed by atoms with Gasteiger partial charge in [-0.25, -0.2) is 0 Å². The van der Waals surface area contributed by atoms with Crippen LogP contribution in [0, 0.1) is 12.3 Å². The third-order valence-electron chi connectivity index (χ3n) is 1.48. The Morgan fingerprint density at radius 3 is 3.00 bits per heavy atom. The molecule has 0 spiro atoms. The summed E-state index contributed by atoms with van der Waals surface area (Å²) in [5, 5.41) is 2.97. The topological polar surface area (TPSA) is 34.0 Å². The summed E-state index contributed by atoms with van der Waals surface area (Å²) in [4.78, 5) is 10.9. The Kier molecular flexibility index (Phi) is 2.54. The summed E-state index contributed by atoms with van der Waals surface area (Å²) in [6, 6.07) is 3.21. The Bertz CT molecular complexity index is 360. The lowest BCUT2D eigenvalue weighted by molar-refractivity contribution is 0.861. The molecule has 1 rings (SSSR count). The maximum absolute atomic E-state index is 10.9. The summed E-state index contributed by atoms with van der Waals surface area (Å²) in [6.45, 7) is 0.470. The Labute approximate surface area is 71.0 Å². The number of anilines is 1. The number of aromatic nitrogens is 1. The zero-order valence-electron chi connectivity index (χ0n) is 6.87.